The molecule has 1 aromatic heterocycles. The lowest BCUT2D eigenvalue weighted by Crippen LogP contribution is -2.34. The number of amides is 2. The molecule has 184 valence electrons. The van der Waals surface area contributed by atoms with Crippen molar-refractivity contribution in [3.8, 4) is 5.75 Å². The number of nitrogens with zero attached hydrogens (tertiary/aromatic N) is 3. The number of carbonyl (C=O) groups is 2. The van der Waals surface area contributed by atoms with E-state index in [4.69, 9.17) is 11.6 Å². The summed E-state index contributed by atoms with van der Waals surface area (Å²) >= 11 is 7.09. The Kier molecular flexibility index (Phi) is 7.00. The normalized spacial score (nSPS) is 15.8. The number of thiazole rings is 1. The van der Waals surface area contributed by atoms with Gasteiger partial charge in [0.2, 0.25) is 0 Å². The third-order valence-electron chi connectivity index (χ3n) is 5.41. The Hall–Kier alpha value is -3.18. The minimum atomic E-state index is -4.88. The van der Waals surface area contributed by atoms with Gasteiger partial charge in [-0.05, 0) is 62.2 Å². The van der Waals surface area contributed by atoms with Gasteiger partial charge in [0.15, 0.2) is 5.13 Å². The van der Waals surface area contributed by atoms with E-state index in [0.717, 1.165) is 53.3 Å². The summed E-state index contributed by atoms with van der Waals surface area (Å²) in [6.07, 6.45) is -3.12. The van der Waals surface area contributed by atoms with Crippen molar-refractivity contribution in [1.29, 1.82) is 0 Å². The van der Waals surface area contributed by atoms with Crippen LogP contribution in [0.5, 0.6) is 5.75 Å². The van der Waals surface area contributed by atoms with E-state index in [2.05, 4.69) is 9.72 Å². The molecule has 0 radical (unpaired) electrons. The largest absolute Gasteiger partial charge is 0.573 e. The van der Waals surface area contributed by atoms with Crippen LogP contribution in [0.2, 0.25) is 5.02 Å². The van der Waals surface area contributed by atoms with E-state index in [9.17, 15) is 27.2 Å². The Morgan fingerprint density at radius 3 is 2.51 bits per heavy atom. The first-order valence-corrected chi connectivity index (χ1v) is 11.7. The monoisotopic (exact) mass is 527 g/mol. The average Bonchev–Trinajstić information content (AvgIpc) is 3.43. The number of anilines is 2. The highest BCUT2D eigenvalue weighted by Crippen LogP contribution is 2.34. The molecular formula is C23H18ClF4N3O3S. The lowest BCUT2D eigenvalue weighted by Gasteiger charge is -2.22. The number of ether oxygens (including phenoxy) is 1. The molecule has 3 aromatic rings. The van der Waals surface area contributed by atoms with E-state index < -0.39 is 23.8 Å². The summed E-state index contributed by atoms with van der Waals surface area (Å²) in [5, 5.41) is 1.45. The van der Waals surface area contributed by atoms with Crippen LogP contribution in [-0.4, -0.2) is 40.6 Å². The molecule has 2 amide bonds. The molecule has 4 rings (SSSR count). The maximum Gasteiger partial charge on any atom is 0.573 e. The minimum absolute atomic E-state index is 0.0556. The molecule has 0 spiro atoms. The van der Waals surface area contributed by atoms with Gasteiger partial charge < -0.3 is 9.64 Å². The fourth-order valence-corrected chi connectivity index (χ4v) is 4.81. The number of likely N-dealkylation sites (tertiary alicyclic amines) is 1. The van der Waals surface area contributed by atoms with Crippen molar-refractivity contribution in [1.82, 2.24) is 9.88 Å². The van der Waals surface area contributed by atoms with Crippen LogP contribution in [0.25, 0.3) is 0 Å². The van der Waals surface area contributed by atoms with Gasteiger partial charge in [0.05, 0.1) is 16.3 Å². The molecule has 1 aliphatic rings. The van der Waals surface area contributed by atoms with Crippen molar-refractivity contribution in [2.24, 2.45) is 0 Å². The van der Waals surface area contributed by atoms with E-state index in [-0.39, 0.29) is 39.0 Å². The van der Waals surface area contributed by atoms with Crippen LogP contribution in [0, 0.1) is 5.82 Å². The van der Waals surface area contributed by atoms with E-state index in [1.807, 2.05) is 6.92 Å². The van der Waals surface area contributed by atoms with E-state index in [0.29, 0.717) is 6.54 Å². The molecule has 1 saturated heterocycles. The Balaban J connectivity index is 1.71. The fraction of sp³-hybridized carbons (Fsp3) is 0.261. The van der Waals surface area contributed by atoms with Crippen molar-refractivity contribution in [3.05, 3.63) is 69.9 Å². The summed E-state index contributed by atoms with van der Waals surface area (Å²) in [5.41, 5.74) is 0.228. The summed E-state index contributed by atoms with van der Waals surface area (Å²) in [6, 6.07) is 7.84. The fourth-order valence-electron chi connectivity index (χ4n) is 3.74. The maximum atomic E-state index is 13.5. The van der Waals surface area contributed by atoms with Crippen LogP contribution in [-0.2, 0) is 0 Å². The first kappa shape index (κ1) is 24.9. The zero-order chi connectivity index (χ0) is 25.3. The molecule has 2 aromatic carbocycles. The molecule has 1 unspecified atom stereocenters. The summed E-state index contributed by atoms with van der Waals surface area (Å²) in [5.74, 6) is -2.11. The molecule has 1 fully saturated rings. The van der Waals surface area contributed by atoms with E-state index >= 15 is 0 Å². The average molecular weight is 528 g/mol. The minimum Gasteiger partial charge on any atom is -0.406 e. The number of rotatable bonds is 5. The van der Waals surface area contributed by atoms with Crippen LogP contribution < -0.4 is 9.64 Å². The smallest absolute Gasteiger partial charge is 0.406 e. The highest BCUT2D eigenvalue weighted by atomic mass is 35.5. The van der Waals surface area contributed by atoms with Crippen LogP contribution >= 0.6 is 22.9 Å². The molecule has 35 heavy (non-hydrogen) atoms. The van der Waals surface area contributed by atoms with Crippen molar-refractivity contribution in [2.75, 3.05) is 11.4 Å². The number of aromatic nitrogens is 1. The SMILES string of the molecule is CC1CCCN1C(=O)c1csc(N(C(=O)c2ccc(F)cc2Cl)c2ccc(OC(F)(F)F)cc2)n1. The number of alkyl halides is 3. The second-order valence-electron chi connectivity index (χ2n) is 7.81. The molecule has 0 aliphatic carbocycles. The van der Waals surface area contributed by atoms with Crippen molar-refractivity contribution in [2.45, 2.75) is 32.2 Å². The summed E-state index contributed by atoms with van der Waals surface area (Å²) in [7, 11) is 0. The predicted molar refractivity (Wildman–Crippen MR) is 123 cm³/mol. The zero-order valence-corrected chi connectivity index (χ0v) is 19.8. The number of hydrogen-bond acceptors (Lipinski definition) is 5. The molecular weight excluding hydrogens is 510 g/mol. The number of hydrogen-bond donors (Lipinski definition) is 0. The number of carbonyl (C=O) groups excluding carboxylic acids is 2. The topological polar surface area (TPSA) is 62.7 Å². The summed E-state index contributed by atoms with van der Waals surface area (Å²) in [6.45, 7) is 2.54. The van der Waals surface area contributed by atoms with Gasteiger partial charge in [0, 0.05) is 18.0 Å². The summed E-state index contributed by atoms with van der Waals surface area (Å²) in [4.78, 5) is 33.5. The van der Waals surface area contributed by atoms with E-state index in [1.54, 1.807) is 4.90 Å². The maximum absolute atomic E-state index is 13.5. The highest BCUT2D eigenvalue weighted by Gasteiger charge is 2.32. The number of halogens is 5. The first-order valence-electron chi connectivity index (χ1n) is 10.5. The molecule has 6 nitrogen and oxygen atoms in total. The Labute approximate surface area is 206 Å². The molecule has 1 atom stereocenters. The van der Waals surface area contributed by atoms with Gasteiger partial charge in [0.25, 0.3) is 11.8 Å². The van der Waals surface area contributed by atoms with Crippen LogP contribution in [0.15, 0.2) is 47.8 Å². The van der Waals surface area contributed by atoms with Crippen LogP contribution in [0.1, 0.15) is 40.6 Å². The summed E-state index contributed by atoms with van der Waals surface area (Å²) < 4.78 is 55.1. The third kappa shape index (κ3) is 5.57. The van der Waals surface area contributed by atoms with Gasteiger partial charge in [-0.1, -0.05) is 11.6 Å². The molecule has 0 bridgehead atoms. The Morgan fingerprint density at radius 1 is 1.20 bits per heavy atom. The van der Waals surface area contributed by atoms with Crippen molar-refractivity contribution < 1.29 is 31.9 Å². The first-order chi connectivity index (χ1) is 16.5. The Bertz CT molecular complexity index is 1250. The molecule has 12 heteroatoms. The van der Waals surface area contributed by atoms with Gasteiger partial charge in [0.1, 0.15) is 17.3 Å². The third-order valence-corrected chi connectivity index (χ3v) is 6.55. The molecule has 1 aliphatic heterocycles. The van der Waals surface area contributed by atoms with Crippen LogP contribution in [0.3, 0.4) is 0 Å². The van der Waals surface area contributed by atoms with Gasteiger partial charge in [-0.15, -0.1) is 24.5 Å². The van der Waals surface area contributed by atoms with Gasteiger partial charge in [-0.25, -0.2) is 9.37 Å². The van der Waals surface area contributed by atoms with Gasteiger partial charge in [-0.2, -0.15) is 0 Å². The molecule has 0 N–H and O–H groups in total. The lowest BCUT2D eigenvalue weighted by atomic mass is 10.1. The van der Waals surface area contributed by atoms with Crippen molar-refractivity contribution in [3.63, 3.8) is 0 Å². The van der Waals surface area contributed by atoms with Crippen LogP contribution in [0.4, 0.5) is 28.4 Å². The lowest BCUT2D eigenvalue weighted by molar-refractivity contribution is -0.274. The zero-order valence-electron chi connectivity index (χ0n) is 18.2. The second kappa shape index (κ2) is 9.82. The van der Waals surface area contributed by atoms with Gasteiger partial charge in [-0.3, -0.25) is 14.5 Å². The van der Waals surface area contributed by atoms with Gasteiger partial charge >= 0.3 is 6.36 Å². The number of benzene rings is 2. The second-order valence-corrected chi connectivity index (χ2v) is 9.06. The Morgan fingerprint density at radius 2 is 1.91 bits per heavy atom. The standard InChI is InChI=1S/C23H18ClF4N3O3S/c1-13-3-2-10-30(13)21(33)19-12-35-22(29-19)31(20(32)17-9-4-14(25)11-18(17)24)15-5-7-16(8-6-15)34-23(26,27)28/h4-9,11-13H,2-3,10H2,1H3. The predicted octanol–water partition coefficient (Wildman–Crippen LogP) is 6.44. The van der Waals surface area contributed by atoms with E-state index in [1.165, 1.54) is 23.6 Å². The molecule has 2 heterocycles. The molecule has 0 saturated carbocycles. The van der Waals surface area contributed by atoms with Crippen molar-refractivity contribution >= 4 is 45.6 Å². The quantitative estimate of drug-likeness (QED) is 0.358. The highest BCUT2D eigenvalue weighted by molar-refractivity contribution is 7.14.